The average Bonchev–Trinajstić information content (AvgIpc) is 2.55. The molecule has 0 heterocycles. The van der Waals surface area contributed by atoms with Crippen LogP contribution in [0.15, 0.2) is 35.2 Å². The lowest BCUT2D eigenvalue weighted by Gasteiger charge is -2.13. The third-order valence-corrected chi connectivity index (χ3v) is 5.82. The Morgan fingerprint density at radius 1 is 1.11 bits per heavy atom. The Bertz CT molecular complexity index is 939. The van der Waals surface area contributed by atoms with E-state index in [4.69, 9.17) is 10.5 Å². The fraction of sp³-hybridized carbons (Fsp3) is 0.316. The summed E-state index contributed by atoms with van der Waals surface area (Å²) in [5.74, 6) is 0.209. The van der Waals surface area contributed by atoms with Crippen molar-refractivity contribution >= 4 is 39.7 Å². The molecule has 7 nitrogen and oxygen atoms in total. The fourth-order valence-corrected chi connectivity index (χ4v) is 4.43. The van der Waals surface area contributed by atoms with E-state index in [1.807, 2.05) is 19.1 Å². The van der Waals surface area contributed by atoms with Crippen molar-refractivity contribution in [2.75, 3.05) is 24.7 Å². The van der Waals surface area contributed by atoms with Gasteiger partial charge in [-0.1, -0.05) is 17.7 Å². The number of halogens is 1. The van der Waals surface area contributed by atoms with Crippen LogP contribution in [-0.4, -0.2) is 28.0 Å². The highest BCUT2D eigenvalue weighted by Gasteiger charge is 2.20. The van der Waals surface area contributed by atoms with Crippen LogP contribution in [-0.2, 0) is 14.8 Å². The molecule has 9 heteroatoms. The molecule has 2 aromatic rings. The third-order valence-electron chi connectivity index (χ3n) is 4.05. The standard InChI is InChI=1S/C19H25N3O4S.ClH/c1-12-9-13(2)19(14(3)10-12)27(24,25)21-8-7-18(23)22-17-11-15(26-4)5-6-16(17)20;/h5-6,9-11,21H,7-8,20H2,1-4H3,(H,22,23);1H. The average molecular weight is 428 g/mol. The van der Waals surface area contributed by atoms with Crippen molar-refractivity contribution in [3.8, 4) is 5.75 Å². The van der Waals surface area contributed by atoms with Gasteiger partial charge in [0.2, 0.25) is 15.9 Å². The molecule has 0 aliphatic carbocycles. The number of anilines is 2. The first kappa shape index (κ1) is 23.7. The first-order chi connectivity index (χ1) is 12.6. The molecule has 0 radical (unpaired) electrons. The van der Waals surface area contributed by atoms with Crippen molar-refractivity contribution in [1.82, 2.24) is 4.72 Å². The van der Waals surface area contributed by atoms with Crippen molar-refractivity contribution in [1.29, 1.82) is 0 Å². The number of methoxy groups -OCH3 is 1. The van der Waals surface area contributed by atoms with E-state index in [2.05, 4.69) is 10.0 Å². The van der Waals surface area contributed by atoms with E-state index in [1.165, 1.54) is 7.11 Å². The Morgan fingerprint density at radius 3 is 2.29 bits per heavy atom. The summed E-state index contributed by atoms with van der Waals surface area (Å²) in [7, 11) is -2.19. The number of carbonyl (C=O) groups excluding carboxylic acids is 1. The zero-order chi connectivity index (χ0) is 20.2. The zero-order valence-corrected chi connectivity index (χ0v) is 18.0. The summed E-state index contributed by atoms with van der Waals surface area (Å²) in [6, 6.07) is 8.56. The molecule has 2 aromatic carbocycles. The summed E-state index contributed by atoms with van der Waals surface area (Å²) >= 11 is 0. The maximum Gasteiger partial charge on any atom is 0.241 e. The van der Waals surface area contributed by atoms with Crippen LogP contribution in [0.25, 0.3) is 0 Å². The number of sulfonamides is 1. The van der Waals surface area contributed by atoms with Gasteiger partial charge in [0.05, 0.1) is 23.4 Å². The summed E-state index contributed by atoms with van der Waals surface area (Å²) in [5.41, 5.74) is 9.00. The molecule has 0 atom stereocenters. The van der Waals surface area contributed by atoms with E-state index in [1.54, 1.807) is 32.0 Å². The number of hydrogen-bond donors (Lipinski definition) is 3. The molecule has 0 spiro atoms. The van der Waals surface area contributed by atoms with Crippen LogP contribution in [0, 0.1) is 20.8 Å². The molecule has 1 amide bonds. The molecular weight excluding hydrogens is 402 g/mol. The third kappa shape index (κ3) is 5.85. The van der Waals surface area contributed by atoms with Crippen LogP contribution >= 0.6 is 12.4 Å². The first-order valence-corrected chi connectivity index (χ1v) is 9.93. The minimum Gasteiger partial charge on any atom is -0.497 e. The van der Waals surface area contributed by atoms with Crippen LogP contribution in [0.4, 0.5) is 11.4 Å². The summed E-state index contributed by atoms with van der Waals surface area (Å²) in [5, 5.41) is 2.66. The van der Waals surface area contributed by atoms with E-state index >= 15 is 0 Å². The fourth-order valence-electron chi connectivity index (χ4n) is 2.95. The Hall–Kier alpha value is -2.29. The Kier molecular flexibility index (Phi) is 8.29. The number of nitrogens with one attached hydrogen (secondary N) is 2. The van der Waals surface area contributed by atoms with E-state index < -0.39 is 10.0 Å². The highest BCUT2D eigenvalue weighted by atomic mass is 35.5. The van der Waals surface area contributed by atoms with Crippen molar-refractivity contribution in [2.24, 2.45) is 0 Å². The first-order valence-electron chi connectivity index (χ1n) is 8.45. The van der Waals surface area contributed by atoms with Gasteiger partial charge in [-0.3, -0.25) is 4.79 Å². The van der Waals surface area contributed by atoms with Crippen molar-refractivity contribution < 1.29 is 17.9 Å². The van der Waals surface area contributed by atoms with Gasteiger partial charge in [-0.25, -0.2) is 13.1 Å². The van der Waals surface area contributed by atoms with Crippen LogP contribution < -0.4 is 20.5 Å². The highest BCUT2D eigenvalue weighted by Crippen LogP contribution is 2.24. The molecule has 0 unspecified atom stereocenters. The van der Waals surface area contributed by atoms with E-state index in [0.29, 0.717) is 28.3 Å². The lowest BCUT2D eigenvalue weighted by atomic mass is 10.1. The van der Waals surface area contributed by atoms with Gasteiger partial charge < -0.3 is 15.8 Å². The van der Waals surface area contributed by atoms with E-state index in [0.717, 1.165) is 5.56 Å². The normalized spacial score (nSPS) is 10.9. The molecule has 0 bridgehead atoms. The molecule has 0 fully saturated rings. The number of nitrogen functional groups attached to an aromatic ring is 1. The van der Waals surface area contributed by atoms with Crippen LogP contribution in [0.3, 0.4) is 0 Å². The molecule has 0 aliphatic heterocycles. The van der Waals surface area contributed by atoms with Gasteiger partial charge >= 0.3 is 0 Å². The Balaban J connectivity index is 0.00000392. The van der Waals surface area contributed by atoms with Crippen LogP contribution in [0.5, 0.6) is 5.75 Å². The minimum atomic E-state index is -3.70. The van der Waals surface area contributed by atoms with Gasteiger partial charge in [-0.15, -0.1) is 12.4 Å². The highest BCUT2D eigenvalue weighted by molar-refractivity contribution is 7.89. The molecular formula is C19H26ClN3O4S. The molecule has 4 N–H and O–H groups in total. The number of amides is 1. The summed E-state index contributed by atoms with van der Waals surface area (Å²) in [6.45, 7) is 5.41. The summed E-state index contributed by atoms with van der Waals surface area (Å²) in [4.78, 5) is 12.4. The van der Waals surface area contributed by atoms with Gasteiger partial charge in [-0.2, -0.15) is 0 Å². The lowest BCUT2D eigenvalue weighted by molar-refractivity contribution is -0.116. The molecule has 0 saturated carbocycles. The molecule has 154 valence electrons. The number of aryl methyl sites for hydroxylation is 3. The molecule has 28 heavy (non-hydrogen) atoms. The van der Waals surface area contributed by atoms with Gasteiger partial charge in [0.25, 0.3) is 0 Å². The Morgan fingerprint density at radius 2 is 1.71 bits per heavy atom. The maximum atomic E-state index is 12.6. The minimum absolute atomic E-state index is 0. The predicted octanol–water partition coefficient (Wildman–Crippen LogP) is 2.93. The number of nitrogens with two attached hydrogens (primary N) is 1. The second-order valence-electron chi connectivity index (χ2n) is 6.38. The Labute approximate surface area is 172 Å². The molecule has 0 aliphatic rings. The van der Waals surface area contributed by atoms with Crippen LogP contribution in [0.1, 0.15) is 23.1 Å². The van der Waals surface area contributed by atoms with Crippen molar-refractivity contribution in [3.05, 3.63) is 47.0 Å². The molecule has 0 aromatic heterocycles. The number of carbonyl (C=O) groups is 1. The second-order valence-corrected chi connectivity index (χ2v) is 8.08. The molecule has 2 rings (SSSR count). The lowest BCUT2D eigenvalue weighted by Crippen LogP contribution is -2.29. The molecule has 0 saturated heterocycles. The number of rotatable bonds is 7. The van der Waals surface area contributed by atoms with Gasteiger partial charge in [0.15, 0.2) is 0 Å². The largest absolute Gasteiger partial charge is 0.497 e. The quantitative estimate of drug-likeness (QED) is 0.588. The zero-order valence-electron chi connectivity index (χ0n) is 16.3. The maximum absolute atomic E-state index is 12.6. The van der Waals surface area contributed by atoms with Gasteiger partial charge in [0.1, 0.15) is 5.75 Å². The van der Waals surface area contributed by atoms with Crippen LogP contribution in [0.2, 0.25) is 0 Å². The predicted molar refractivity (Wildman–Crippen MR) is 114 cm³/mol. The van der Waals surface area contributed by atoms with Gasteiger partial charge in [-0.05, 0) is 44.0 Å². The monoisotopic (exact) mass is 427 g/mol. The van der Waals surface area contributed by atoms with Crippen molar-refractivity contribution in [3.63, 3.8) is 0 Å². The van der Waals surface area contributed by atoms with Gasteiger partial charge in [0, 0.05) is 19.0 Å². The smallest absolute Gasteiger partial charge is 0.241 e. The van der Waals surface area contributed by atoms with Crippen molar-refractivity contribution in [2.45, 2.75) is 32.1 Å². The number of ether oxygens (including phenoxy) is 1. The number of hydrogen-bond acceptors (Lipinski definition) is 5. The second kappa shape index (κ2) is 9.77. The number of benzene rings is 2. The summed E-state index contributed by atoms with van der Waals surface area (Å²) < 4.78 is 32.8. The topological polar surface area (TPSA) is 111 Å². The summed E-state index contributed by atoms with van der Waals surface area (Å²) in [6.07, 6.45) is -0.0279. The van der Waals surface area contributed by atoms with E-state index in [9.17, 15) is 13.2 Å². The van der Waals surface area contributed by atoms with E-state index in [-0.39, 0.29) is 36.2 Å². The SMILES string of the molecule is COc1ccc(N)c(NC(=O)CCNS(=O)(=O)c2c(C)cc(C)cc2C)c1.Cl.